The standard InChI is InChI=1S/C19H23N5O3/c1-12(2)16-17(13-7-5-4-6-8-13)21-18(26)24(22-16)11-15(25)20-14-9-19(3,10-14)23-27/h4-8,12,14H,9-11H2,1-3H3,(H,20,25). The molecule has 27 heavy (non-hydrogen) atoms. The number of hydrogen-bond donors (Lipinski definition) is 1. The van der Waals surface area contributed by atoms with Gasteiger partial charge in [-0.25, -0.2) is 9.48 Å². The van der Waals surface area contributed by atoms with E-state index < -0.39 is 11.2 Å². The molecule has 1 heterocycles. The van der Waals surface area contributed by atoms with E-state index >= 15 is 0 Å². The highest BCUT2D eigenvalue weighted by atomic mass is 16.3. The molecule has 8 heteroatoms. The van der Waals surface area contributed by atoms with E-state index in [1.54, 1.807) is 6.92 Å². The fraction of sp³-hybridized carbons (Fsp3) is 0.474. The highest BCUT2D eigenvalue weighted by Gasteiger charge is 2.42. The molecular weight excluding hydrogens is 346 g/mol. The molecule has 1 aliphatic rings. The summed E-state index contributed by atoms with van der Waals surface area (Å²) in [7, 11) is 0. The third-order valence-corrected chi connectivity index (χ3v) is 4.74. The highest BCUT2D eigenvalue weighted by Crippen LogP contribution is 2.35. The number of aromatic nitrogens is 3. The normalized spacial score (nSPS) is 21.6. The van der Waals surface area contributed by atoms with Crippen LogP contribution in [0.15, 0.2) is 40.3 Å². The second-order valence-corrected chi connectivity index (χ2v) is 7.57. The molecule has 1 aliphatic carbocycles. The zero-order chi connectivity index (χ0) is 19.6. The first-order valence-electron chi connectivity index (χ1n) is 8.99. The first kappa shape index (κ1) is 18.9. The molecule has 0 unspecified atom stereocenters. The van der Waals surface area contributed by atoms with Crippen molar-refractivity contribution in [3.05, 3.63) is 51.4 Å². The quantitative estimate of drug-likeness (QED) is 0.786. The van der Waals surface area contributed by atoms with Gasteiger partial charge in [-0.15, -0.1) is 0 Å². The topological polar surface area (TPSA) is 106 Å². The van der Waals surface area contributed by atoms with Crippen molar-refractivity contribution < 1.29 is 4.79 Å². The molecular formula is C19H23N5O3. The Morgan fingerprint density at radius 3 is 2.59 bits per heavy atom. The average molecular weight is 369 g/mol. The van der Waals surface area contributed by atoms with E-state index in [4.69, 9.17) is 0 Å². The van der Waals surface area contributed by atoms with Crippen LogP contribution in [0.5, 0.6) is 0 Å². The van der Waals surface area contributed by atoms with Gasteiger partial charge in [0.05, 0.1) is 11.4 Å². The van der Waals surface area contributed by atoms with Crippen LogP contribution >= 0.6 is 0 Å². The van der Waals surface area contributed by atoms with Gasteiger partial charge >= 0.3 is 5.69 Å². The van der Waals surface area contributed by atoms with E-state index in [2.05, 4.69) is 20.6 Å². The van der Waals surface area contributed by atoms with E-state index in [1.165, 1.54) is 0 Å². The van der Waals surface area contributed by atoms with E-state index in [-0.39, 0.29) is 24.4 Å². The minimum absolute atomic E-state index is 0.0358. The smallest absolute Gasteiger partial charge is 0.352 e. The van der Waals surface area contributed by atoms with Gasteiger partial charge in [-0.1, -0.05) is 49.4 Å². The van der Waals surface area contributed by atoms with Crippen LogP contribution in [0.2, 0.25) is 0 Å². The molecule has 0 atom stereocenters. The van der Waals surface area contributed by atoms with Crippen molar-refractivity contribution in [2.24, 2.45) is 5.18 Å². The largest absolute Gasteiger partial charge is 0.365 e. The van der Waals surface area contributed by atoms with Crippen molar-refractivity contribution >= 4 is 5.91 Å². The lowest BCUT2D eigenvalue weighted by molar-refractivity contribution is -0.123. The fourth-order valence-electron chi connectivity index (χ4n) is 3.32. The molecule has 0 saturated heterocycles. The number of nitrogens with one attached hydrogen (secondary N) is 1. The second-order valence-electron chi connectivity index (χ2n) is 7.57. The van der Waals surface area contributed by atoms with Crippen LogP contribution in [0.4, 0.5) is 0 Å². The number of benzene rings is 1. The Morgan fingerprint density at radius 1 is 1.33 bits per heavy atom. The minimum atomic E-state index is -0.600. The molecule has 1 aromatic heterocycles. The maximum Gasteiger partial charge on any atom is 0.365 e. The number of carbonyl (C=O) groups excluding carboxylic acids is 1. The summed E-state index contributed by atoms with van der Waals surface area (Å²) < 4.78 is 1.09. The SMILES string of the molecule is CC(C)c1nn(CC(=O)NC2CC(C)(N=O)C2)c(=O)nc1-c1ccccc1. The summed E-state index contributed by atoms with van der Waals surface area (Å²) in [5, 5.41) is 10.3. The summed E-state index contributed by atoms with van der Waals surface area (Å²) in [5.74, 6) is -0.292. The highest BCUT2D eigenvalue weighted by molar-refractivity contribution is 5.76. The van der Waals surface area contributed by atoms with Crippen LogP contribution in [0.1, 0.15) is 45.2 Å². The molecule has 8 nitrogen and oxygen atoms in total. The van der Waals surface area contributed by atoms with Crippen molar-refractivity contribution in [2.75, 3.05) is 0 Å². The molecule has 1 N–H and O–H groups in total. The van der Waals surface area contributed by atoms with Gasteiger partial charge in [-0.3, -0.25) is 4.79 Å². The van der Waals surface area contributed by atoms with Crippen LogP contribution in [0.3, 0.4) is 0 Å². The molecule has 1 amide bonds. The predicted octanol–water partition coefficient (Wildman–Crippen LogP) is 2.23. The van der Waals surface area contributed by atoms with Gasteiger partial charge in [-0.2, -0.15) is 15.0 Å². The summed E-state index contributed by atoms with van der Waals surface area (Å²) >= 11 is 0. The third-order valence-electron chi connectivity index (χ3n) is 4.74. The molecule has 0 aliphatic heterocycles. The molecule has 0 spiro atoms. The van der Waals surface area contributed by atoms with E-state index in [0.717, 1.165) is 10.2 Å². The number of hydrogen-bond acceptors (Lipinski definition) is 6. The lowest BCUT2D eigenvalue weighted by Crippen LogP contribution is -2.53. The Balaban J connectivity index is 1.78. The fourth-order valence-corrected chi connectivity index (χ4v) is 3.32. The van der Waals surface area contributed by atoms with Crippen molar-refractivity contribution in [1.29, 1.82) is 0 Å². The zero-order valence-electron chi connectivity index (χ0n) is 15.7. The first-order valence-corrected chi connectivity index (χ1v) is 8.99. The predicted molar refractivity (Wildman–Crippen MR) is 101 cm³/mol. The lowest BCUT2D eigenvalue weighted by Gasteiger charge is -2.39. The van der Waals surface area contributed by atoms with E-state index in [1.807, 2.05) is 44.2 Å². The van der Waals surface area contributed by atoms with Gasteiger partial charge in [0.1, 0.15) is 12.1 Å². The maximum atomic E-state index is 12.4. The summed E-state index contributed by atoms with van der Waals surface area (Å²) in [6.45, 7) is 5.48. The molecule has 0 bridgehead atoms. The summed E-state index contributed by atoms with van der Waals surface area (Å²) in [4.78, 5) is 39.5. The lowest BCUT2D eigenvalue weighted by atomic mass is 9.75. The van der Waals surface area contributed by atoms with Crippen LogP contribution in [0.25, 0.3) is 11.3 Å². The van der Waals surface area contributed by atoms with Gasteiger partial charge in [0, 0.05) is 11.6 Å². The van der Waals surface area contributed by atoms with E-state index in [0.29, 0.717) is 24.2 Å². The number of carbonyl (C=O) groups is 1. The monoisotopic (exact) mass is 369 g/mol. The molecule has 1 aromatic carbocycles. The molecule has 0 radical (unpaired) electrons. The van der Waals surface area contributed by atoms with Gasteiger partial charge in [0.15, 0.2) is 0 Å². The Labute approximate surface area is 157 Å². The summed E-state index contributed by atoms with van der Waals surface area (Å²) in [5.41, 5.74) is 0.851. The van der Waals surface area contributed by atoms with Crippen LogP contribution < -0.4 is 11.0 Å². The van der Waals surface area contributed by atoms with Gasteiger partial charge < -0.3 is 5.32 Å². The molecule has 1 fully saturated rings. The van der Waals surface area contributed by atoms with Crippen molar-refractivity contribution in [3.8, 4) is 11.3 Å². The van der Waals surface area contributed by atoms with E-state index in [9.17, 15) is 14.5 Å². The number of rotatable bonds is 6. The maximum absolute atomic E-state index is 12.4. The van der Waals surface area contributed by atoms with Crippen LogP contribution in [0, 0.1) is 4.91 Å². The zero-order valence-corrected chi connectivity index (χ0v) is 15.7. The number of amides is 1. The summed E-state index contributed by atoms with van der Waals surface area (Å²) in [6.07, 6.45) is 1.01. The van der Waals surface area contributed by atoms with Crippen molar-refractivity contribution in [3.63, 3.8) is 0 Å². The third kappa shape index (κ3) is 4.10. The minimum Gasteiger partial charge on any atom is -0.352 e. The molecule has 142 valence electrons. The van der Waals surface area contributed by atoms with Crippen LogP contribution in [-0.4, -0.2) is 32.3 Å². The molecule has 2 aromatic rings. The molecule has 3 rings (SSSR count). The average Bonchev–Trinajstić information content (AvgIpc) is 2.62. The van der Waals surface area contributed by atoms with Gasteiger partial charge in [0.2, 0.25) is 5.91 Å². The van der Waals surface area contributed by atoms with Gasteiger partial charge in [-0.05, 0) is 25.7 Å². The molecule has 1 saturated carbocycles. The number of nitroso groups, excluding NO2 is 1. The Hall–Kier alpha value is -2.90. The summed E-state index contributed by atoms with van der Waals surface area (Å²) in [6, 6.07) is 9.30. The first-order chi connectivity index (χ1) is 12.8. The number of nitrogens with zero attached hydrogens (tertiary/aromatic N) is 4. The van der Waals surface area contributed by atoms with Crippen LogP contribution in [-0.2, 0) is 11.3 Å². The Kier molecular flexibility index (Phi) is 5.16. The Morgan fingerprint density at radius 2 is 2.00 bits per heavy atom. The second kappa shape index (κ2) is 7.38. The van der Waals surface area contributed by atoms with Gasteiger partial charge in [0.25, 0.3) is 0 Å². The van der Waals surface area contributed by atoms with Crippen molar-refractivity contribution in [1.82, 2.24) is 20.1 Å². The van der Waals surface area contributed by atoms with Crippen molar-refractivity contribution in [2.45, 2.75) is 57.7 Å². The Bertz CT molecular complexity index is 901.